The van der Waals surface area contributed by atoms with Crippen molar-refractivity contribution >= 4 is 5.69 Å². The SMILES string of the molecule is Cc1cc(C)c(NC(C)[O])c(C)c1. The first-order chi connectivity index (χ1) is 6.00. The standard InChI is InChI=1S/C11H16NO/c1-7-5-8(2)11(9(3)6-7)12-10(4)13/h5-6,10,12H,1-4H3. The predicted octanol–water partition coefficient (Wildman–Crippen LogP) is 2.80. The Morgan fingerprint density at radius 2 is 1.62 bits per heavy atom. The van der Waals surface area contributed by atoms with Crippen LogP contribution < -0.4 is 5.32 Å². The maximum Gasteiger partial charge on any atom is 0.159 e. The van der Waals surface area contributed by atoms with Crippen LogP contribution >= 0.6 is 0 Å². The van der Waals surface area contributed by atoms with Crippen molar-refractivity contribution in [3.8, 4) is 0 Å². The Hall–Kier alpha value is -1.02. The molecule has 1 atom stereocenters. The highest BCUT2D eigenvalue weighted by Gasteiger charge is 2.05. The van der Waals surface area contributed by atoms with Gasteiger partial charge in [-0.25, -0.2) is 5.11 Å². The normalized spacial score (nSPS) is 12.7. The second-order valence-electron chi connectivity index (χ2n) is 3.56. The minimum Gasteiger partial charge on any atom is -0.357 e. The number of hydrogen-bond acceptors (Lipinski definition) is 1. The van der Waals surface area contributed by atoms with Crippen molar-refractivity contribution in [2.45, 2.75) is 33.9 Å². The van der Waals surface area contributed by atoms with Gasteiger partial charge in [0.1, 0.15) is 0 Å². The zero-order valence-electron chi connectivity index (χ0n) is 8.64. The van der Waals surface area contributed by atoms with Crippen LogP contribution in [0.1, 0.15) is 23.6 Å². The van der Waals surface area contributed by atoms with E-state index in [0.29, 0.717) is 0 Å². The van der Waals surface area contributed by atoms with Gasteiger partial charge < -0.3 is 5.32 Å². The molecule has 0 bridgehead atoms. The van der Waals surface area contributed by atoms with Gasteiger partial charge in [0.25, 0.3) is 0 Å². The Bertz CT molecular complexity index is 282. The topological polar surface area (TPSA) is 31.9 Å². The summed E-state index contributed by atoms with van der Waals surface area (Å²) in [5.74, 6) is 0. The first kappa shape index (κ1) is 10.1. The van der Waals surface area contributed by atoms with E-state index in [1.165, 1.54) is 5.56 Å². The van der Waals surface area contributed by atoms with E-state index >= 15 is 0 Å². The van der Waals surface area contributed by atoms with Crippen molar-refractivity contribution in [2.75, 3.05) is 5.32 Å². The average Bonchev–Trinajstić information content (AvgIpc) is 1.96. The molecule has 2 nitrogen and oxygen atoms in total. The first-order valence-electron chi connectivity index (χ1n) is 4.51. The Morgan fingerprint density at radius 3 is 2.00 bits per heavy atom. The summed E-state index contributed by atoms with van der Waals surface area (Å²) in [7, 11) is 0. The number of benzene rings is 1. The highest BCUT2D eigenvalue weighted by molar-refractivity contribution is 5.58. The monoisotopic (exact) mass is 178 g/mol. The molecule has 0 aliphatic rings. The minimum atomic E-state index is -0.750. The van der Waals surface area contributed by atoms with Gasteiger partial charge in [-0.1, -0.05) is 17.7 Å². The van der Waals surface area contributed by atoms with Crippen molar-refractivity contribution in [3.05, 3.63) is 28.8 Å². The Balaban J connectivity index is 3.06. The first-order valence-corrected chi connectivity index (χ1v) is 4.51. The van der Waals surface area contributed by atoms with Gasteiger partial charge in [0, 0.05) is 5.69 Å². The molecule has 1 rings (SSSR count). The van der Waals surface area contributed by atoms with Gasteiger partial charge in [0.2, 0.25) is 0 Å². The third-order valence-electron chi connectivity index (χ3n) is 2.02. The summed E-state index contributed by atoms with van der Waals surface area (Å²) in [6, 6.07) is 4.16. The quantitative estimate of drug-likeness (QED) is 0.694. The molecule has 0 heterocycles. The van der Waals surface area contributed by atoms with E-state index in [1.807, 2.05) is 13.8 Å². The van der Waals surface area contributed by atoms with Crippen LogP contribution in [0.3, 0.4) is 0 Å². The van der Waals surface area contributed by atoms with Gasteiger partial charge in [-0.2, -0.15) is 0 Å². The van der Waals surface area contributed by atoms with E-state index < -0.39 is 6.23 Å². The largest absolute Gasteiger partial charge is 0.357 e. The van der Waals surface area contributed by atoms with Crippen LogP contribution in [-0.2, 0) is 5.11 Å². The third kappa shape index (κ3) is 2.46. The van der Waals surface area contributed by atoms with E-state index in [2.05, 4.69) is 24.4 Å². The van der Waals surface area contributed by atoms with Gasteiger partial charge in [0.15, 0.2) is 6.23 Å². The molecule has 1 unspecified atom stereocenters. The van der Waals surface area contributed by atoms with Crippen LogP contribution in [0.5, 0.6) is 0 Å². The van der Waals surface area contributed by atoms with E-state index in [1.54, 1.807) is 6.92 Å². The molecule has 0 spiro atoms. The molecular formula is C11H16NO. The van der Waals surface area contributed by atoms with Crippen LogP contribution in [0.25, 0.3) is 0 Å². The molecule has 0 aliphatic carbocycles. The van der Waals surface area contributed by atoms with E-state index in [-0.39, 0.29) is 0 Å². The van der Waals surface area contributed by atoms with Crippen LogP contribution in [0.2, 0.25) is 0 Å². The Morgan fingerprint density at radius 1 is 1.15 bits per heavy atom. The minimum absolute atomic E-state index is 0.750. The lowest BCUT2D eigenvalue weighted by Gasteiger charge is -2.14. The molecule has 2 heteroatoms. The summed E-state index contributed by atoms with van der Waals surface area (Å²) >= 11 is 0. The lowest BCUT2D eigenvalue weighted by molar-refractivity contribution is 0.130. The van der Waals surface area contributed by atoms with Gasteiger partial charge in [0.05, 0.1) is 0 Å². The van der Waals surface area contributed by atoms with Gasteiger partial charge in [-0.3, -0.25) is 0 Å². The van der Waals surface area contributed by atoms with E-state index in [4.69, 9.17) is 0 Å². The number of aryl methyl sites for hydroxylation is 3. The fourth-order valence-corrected chi connectivity index (χ4v) is 1.61. The molecule has 1 N–H and O–H groups in total. The van der Waals surface area contributed by atoms with E-state index in [0.717, 1.165) is 16.8 Å². The number of rotatable bonds is 2. The lowest BCUT2D eigenvalue weighted by atomic mass is 10.1. The molecule has 0 aromatic heterocycles. The summed E-state index contributed by atoms with van der Waals surface area (Å²) in [4.78, 5) is 0. The smallest absolute Gasteiger partial charge is 0.159 e. The zero-order valence-corrected chi connectivity index (χ0v) is 8.64. The van der Waals surface area contributed by atoms with Crippen LogP contribution in [0.4, 0.5) is 5.69 Å². The highest BCUT2D eigenvalue weighted by Crippen LogP contribution is 2.22. The van der Waals surface area contributed by atoms with Crippen molar-refractivity contribution in [1.29, 1.82) is 0 Å². The van der Waals surface area contributed by atoms with Gasteiger partial charge >= 0.3 is 0 Å². The second-order valence-corrected chi connectivity index (χ2v) is 3.56. The van der Waals surface area contributed by atoms with Gasteiger partial charge in [-0.05, 0) is 38.8 Å². The summed E-state index contributed by atoms with van der Waals surface area (Å²) < 4.78 is 0. The van der Waals surface area contributed by atoms with Crippen molar-refractivity contribution < 1.29 is 5.11 Å². The Kier molecular flexibility index (Phi) is 2.94. The predicted molar refractivity (Wildman–Crippen MR) is 54.4 cm³/mol. The second kappa shape index (κ2) is 3.79. The molecule has 0 fully saturated rings. The Labute approximate surface area is 79.6 Å². The summed E-state index contributed by atoms with van der Waals surface area (Å²) in [6.07, 6.45) is -0.750. The maximum absolute atomic E-state index is 11.0. The van der Waals surface area contributed by atoms with E-state index in [9.17, 15) is 5.11 Å². The third-order valence-corrected chi connectivity index (χ3v) is 2.02. The van der Waals surface area contributed by atoms with Crippen molar-refractivity contribution in [2.24, 2.45) is 0 Å². The summed E-state index contributed by atoms with van der Waals surface area (Å²) in [5, 5.41) is 13.9. The molecular weight excluding hydrogens is 162 g/mol. The molecule has 0 saturated carbocycles. The molecule has 0 aliphatic heterocycles. The average molecular weight is 178 g/mol. The molecule has 0 saturated heterocycles. The fourth-order valence-electron chi connectivity index (χ4n) is 1.61. The molecule has 0 amide bonds. The highest BCUT2D eigenvalue weighted by atomic mass is 16.3. The maximum atomic E-state index is 11.0. The summed E-state index contributed by atoms with van der Waals surface area (Å²) in [6.45, 7) is 7.71. The molecule has 71 valence electrons. The lowest BCUT2D eigenvalue weighted by Crippen LogP contribution is -2.13. The fraction of sp³-hybridized carbons (Fsp3) is 0.455. The molecule has 1 aromatic rings. The van der Waals surface area contributed by atoms with Crippen LogP contribution in [0.15, 0.2) is 12.1 Å². The van der Waals surface area contributed by atoms with Gasteiger partial charge in [-0.15, -0.1) is 0 Å². The number of nitrogens with one attached hydrogen (secondary N) is 1. The number of hydrogen-bond donors (Lipinski definition) is 1. The molecule has 1 radical (unpaired) electrons. The van der Waals surface area contributed by atoms with Crippen LogP contribution in [0, 0.1) is 20.8 Å². The summed E-state index contributed by atoms with van der Waals surface area (Å²) in [5.41, 5.74) is 4.49. The number of anilines is 1. The zero-order chi connectivity index (χ0) is 10.0. The van der Waals surface area contributed by atoms with Crippen molar-refractivity contribution in [3.63, 3.8) is 0 Å². The van der Waals surface area contributed by atoms with Crippen LogP contribution in [-0.4, -0.2) is 6.23 Å². The molecule has 1 aromatic carbocycles. The molecule has 13 heavy (non-hydrogen) atoms. The van der Waals surface area contributed by atoms with Crippen molar-refractivity contribution in [1.82, 2.24) is 0 Å².